The van der Waals surface area contributed by atoms with Crippen LogP contribution < -0.4 is 5.32 Å². The van der Waals surface area contributed by atoms with Crippen LogP contribution in [-0.4, -0.2) is 24.2 Å². The minimum Gasteiger partial charge on any atom is -0.381 e. The summed E-state index contributed by atoms with van der Waals surface area (Å²) in [5.74, 6) is 0.661. The van der Waals surface area contributed by atoms with Crippen LogP contribution in [0.1, 0.15) is 37.7 Å². The fourth-order valence-corrected chi connectivity index (χ4v) is 2.95. The van der Waals surface area contributed by atoms with Gasteiger partial charge in [0.2, 0.25) is 0 Å². The lowest BCUT2D eigenvalue weighted by molar-refractivity contribution is 0.176. The molecule has 1 aliphatic heterocycles. The molecule has 1 saturated heterocycles. The average Bonchev–Trinajstić information content (AvgIpc) is 2.96. The van der Waals surface area contributed by atoms with Crippen LogP contribution in [0.3, 0.4) is 0 Å². The van der Waals surface area contributed by atoms with Crippen LogP contribution in [0.2, 0.25) is 0 Å². The maximum absolute atomic E-state index is 5.43. The molecule has 2 heterocycles. The summed E-state index contributed by atoms with van der Waals surface area (Å²) in [4.78, 5) is 4.39. The van der Waals surface area contributed by atoms with Crippen LogP contribution in [-0.2, 0) is 4.74 Å². The molecule has 0 spiro atoms. The van der Waals surface area contributed by atoms with E-state index in [1.165, 1.54) is 11.4 Å². The minimum absolute atomic E-state index is 0.399. The fourth-order valence-electron chi connectivity index (χ4n) is 2.17. The first-order valence-electron chi connectivity index (χ1n) is 6.04. The quantitative estimate of drug-likeness (QED) is 0.859. The highest BCUT2D eigenvalue weighted by Gasteiger charge is 2.24. The third-order valence-electron chi connectivity index (χ3n) is 3.29. The van der Waals surface area contributed by atoms with Gasteiger partial charge in [-0.05, 0) is 25.7 Å². The molecule has 1 N–H and O–H groups in total. The van der Waals surface area contributed by atoms with Crippen molar-refractivity contribution >= 4 is 11.3 Å². The molecule has 0 aromatic carbocycles. The molecule has 3 nitrogen and oxygen atoms in total. The van der Waals surface area contributed by atoms with Crippen molar-refractivity contribution in [3.8, 4) is 0 Å². The van der Waals surface area contributed by atoms with Gasteiger partial charge in [-0.15, -0.1) is 11.3 Å². The molecule has 1 aliphatic rings. The standard InChI is InChI=1S/C12H20N2OS/c1-3-11(12-13-5-7-16-12)14-9(2)10-4-6-15-8-10/h5,7,9-11,14H,3-4,6,8H2,1-2H3. The van der Waals surface area contributed by atoms with E-state index in [4.69, 9.17) is 4.74 Å². The van der Waals surface area contributed by atoms with Gasteiger partial charge < -0.3 is 10.1 Å². The predicted molar refractivity (Wildman–Crippen MR) is 66.7 cm³/mol. The van der Waals surface area contributed by atoms with Crippen molar-refractivity contribution in [3.05, 3.63) is 16.6 Å². The number of aromatic nitrogens is 1. The van der Waals surface area contributed by atoms with Gasteiger partial charge in [0, 0.05) is 24.2 Å². The fraction of sp³-hybridized carbons (Fsp3) is 0.750. The number of rotatable bonds is 5. The molecule has 0 radical (unpaired) electrons. The van der Waals surface area contributed by atoms with Crippen LogP contribution in [0.5, 0.6) is 0 Å². The molecule has 3 unspecified atom stereocenters. The predicted octanol–water partition coefficient (Wildman–Crippen LogP) is 2.61. The molecule has 1 aromatic rings. The SMILES string of the molecule is CCC(NC(C)C1CCOC1)c1nccs1. The summed E-state index contributed by atoms with van der Waals surface area (Å²) in [5, 5.41) is 6.93. The molecule has 4 heteroatoms. The highest BCUT2D eigenvalue weighted by Crippen LogP contribution is 2.23. The van der Waals surface area contributed by atoms with E-state index < -0.39 is 0 Å². The van der Waals surface area contributed by atoms with Crippen molar-refractivity contribution in [1.82, 2.24) is 10.3 Å². The number of ether oxygens (including phenoxy) is 1. The summed E-state index contributed by atoms with van der Waals surface area (Å²) in [7, 11) is 0. The normalized spacial score (nSPS) is 24.5. The summed E-state index contributed by atoms with van der Waals surface area (Å²) in [6, 6.07) is 0.909. The highest BCUT2D eigenvalue weighted by molar-refractivity contribution is 7.09. The third kappa shape index (κ3) is 2.81. The van der Waals surface area contributed by atoms with Crippen molar-refractivity contribution in [2.75, 3.05) is 13.2 Å². The lowest BCUT2D eigenvalue weighted by Gasteiger charge is -2.24. The Kier molecular flexibility index (Phi) is 4.32. The van der Waals surface area contributed by atoms with Crippen molar-refractivity contribution < 1.29 is 4.74 Å². The molecule has 1 aromatic heterocycles. The van der Waals surface area contributed by atoms with Gasteiger partial charge in [0.25, 0.3) is 0 Å². The Morgan fingerprint density at radius 1 is 1.69 bits per heavy atom. The maximum Gasteiger partial charge on any atom is 0.109 e. The Hall–Kier alpha value is -0.450. The van der Waals surface area contributed by atoms with Gasteiger partial charge in [0.05, 0.1) is 12.6 Å². The van der Waals surface area contributed by atoms with E-state index in [1.54, 1.807) is 11.3 Å². The molecule has 0 saturated carbocycles. The number of hydrogen-bond acceptors (Lipinski definition) is 4. The number of nitrogens with zero attached hydrogens (tertiary/aromatic N) is 1. The monoisotopic (exact) mass is 240 g/mol. The van der Waals surface area contributed by atoms with Crippen molar-refractivity contribution in [1.29, 1.82) is 0 Å². The van der Waals surface area contributed by atoms with Gasteiger partial charge in [0.15, 0.2) is 0 Å². The van der Waals surface area contributed by atoms with Crippen LogP contribution in [0.4, 0.5) is 0 Å². The maximum atomic E-state index is 5.43. The lowest BCUT2D eigenvalue weighted by atomic mass is 9.99. The third-order valence-corrected chi connectivity index (χ3v) is 4.18. The summed E-state index contributed by atoms with van der Waals surface area (Å²) in [6.07, 6.45) is 4.15. The van der Waals surface area contributed by atoms with E-state index in [0.29, 0.717) is 18.0 Å². The van der Waals surface area contributed by atoms with Crippen molar-refractivity contribution in [2.45, 2.75) is 38.8 Å². The molecule has 3 atom stereocenters. The van der Waals surface area contributed by atoms with Crippen molar-refractivity contribution in [2.24, 2.45) is 5.92 Å². The van der Waals surface area contributed by atoms with E-state index in [1.807, 2.05) is 11.6 Å². The van der Waals surface area contributed by atoms with E-state index in [0.717, 1.165) is 19.6 Å². The van der Waals surface area contributed by atoms with Gasteiger partial charge in [0.1, 0.15) is 5.01 Å². The van der Waals surface area contributed by atoms with E-state index in [9.17, 15) is 0 Å². The Balaban J connectivity index is 1.91. The number of thiazole rings is 1. The van der Waals surface area contributed by atoms with Gasteiger partial charge in [-0.2, -0.15) is 0 Å². The van der Waals surface area contributed by atoms with E-state index >= 15 is 0 Å². The topological polar surface area (TPSA) is 34.1 Å². The summed E-state index contributed by atoms with van der Waals surface area (Å²) in [5.41, 5.74) is 0. The van der Waals surface area contributed by atoms with Gasteiger partial charge in [-0.1, -0.05) is 6.92 Å². The molecule has 0 bridgehead atoms. The molecule has 2 rings (SSSR count). The first kappa shape index (κ1) is 12.0. The molecule has 1 fully saturated rings. The van der Waals surface area contributed by atoms with Crippen LogP contribution in [0.25, 0.3) is 0 Å². The van der Waals surface area contributed by atoms with Crippen molar-refractivity contribution in [3.63, 3.8) is 0 Å². The first-order chi connectivity index (χ1) is 7.81. The molecule has 0 aliphatic carbocycles. The minimum atomic E-state index is 0.399. The van der Waals surface area contributed by atoms with E-state index in [2.05, 4.69) is 24.1 Å². The molecular weight excluding hydrogens is 220 g/mol. The van der Waals surface area contributed by atoms with Gasteiger partial charge in [-0.25, -0.2) is 4.98 Å². The van der Waals surface area contributed by atoms with Crippen LogP contribution in [0, 0.1) is 5.92 Å². The zero-order valence-electron chi connectivity index (χ0n) is 9.98. The summed E-state index contributed by atoms with van der Waals surface area (Å²) in [6.45, 7) is 6.29. The van der Waals surface area contributed by atoms with Gasteiger partial charge >= 0.3 is 0 Å². The van der Waals surface area contributed by atoms with Crippen LogP contribution in [0.15, 0.2) is 11.6 Å². The number of hydrogen-bond donors (Lipinski definition) is 1. The molecule has 90 valence electrons. The second kappa shape index (κ2) is 5.75. The Labute approximate surface area is 101 Å². The number of nitrogens with one attached hydrogen (secondary N) is 1. The highest BCUT2D eigenvalue weighted by atomic mass is 32.1. The molecule has 16 heavy (non-hydrogen) atoms. The summed E-state index contributed by atoms with van der Waals surface area (Å²) >= 11 is 1.74. The second-order valence-corrected chi connectivity index (χ2v) is 5.34. The second-order valence-electron chi connectivity index (χ2n) is 4.41. The lowest BCUT2D eigenvalue weighted by Crippen LogP contribution is -2.36. The zero-order chi connectivity index (χ0) is 11.4. The first-order valence-corrected chi connectivity index (χ1v) is 6.92. The molecule has 0 amide bonds. The largest absolute Gasteiger partial charge is 0.381 e. The average molecular weight is 240 g/mol. The zero-order valence-corrected chi connectivity index (χ0v) is 10.8. The van der Waals surface area contributed by atoms with Gasteiger partial charge in [-0.3, -0.25) is 0 Å². The smallest absolute Gasteiger partial charge is 0.109 e. The van der Waals surface area contributed by atoms with Crippen LogP contribution >= 0.6 is 11.3 Å². The Bertz CT molecular complexity index is 296. The molecular formula is C12H20N2OS. The Morgan fingerprint density at radius 3 is 3.12 bits per heavy atom. The Morgan fingerprint density at radius 2 is 2.56 bits per heavy atom. The summed E-state index contributed by atoms with van der Waals surface area (Å²) < 4.78 is 5.43. The van der Waals surface area contributed by atoms with E-state index in [-0.39, 0.29) is 0 Å².